The third-order valence-corrected chi connectivity index (χ3v) is 6.46. The maximum atomic E-state index is 6.02. The van der Waals surface area contributed by atoms with Crippen molar-refractivity contribution in [2.24, 2.45) is 0 Å². The number of rotatable bonds is 3. The first-order chi connectivity index (χ1) is 16.9. The Labute approximate surface area is 196 Å². The van der Waals surface area contributed by atoms with Crippen molar-refractivity contribution in [3.8, 4) is 28.2 Å². The largest absolute Gasteiger partial charge is 0.462 e. The topological polar surface area (TPSA) is 31.0 Å². The average molecular weight is 437 g/mol. The number of fused-ring (bicyclic) bond motifs is 5. The van der Waals surface area contributed by atoms with E-state index in [4.69, 9.17) is 9.40 Å². The van der Waals surface area contributed by atoms with Crippen LogP contribution in [0.15, 0.2) is 126 Å². The molecule has 0 fully saturated rings. The Hall–Kier alpha value is -4.63. The summed E-state index contributed by atoms with van der Waals surface area (Å²) < 4.78 is 8.33. The number of nitrogens with zero attached hydrogens (tertiary/aromatic N) is 2. The molecule has 3 heteroatoms. The summed E-state index contributed by atoms with van der Waals surface area (Å²) in [4.78, 5) is 5.06. The van der Waals surface area contributed by atoms with Gasteiger partial charge >= 0.3 is 0 Å². The minimum atomic E-state index is 0.896. The summed E-state index contributed by atoms with van der Waals surface area (Å²) in [7, 11) is 0. The Morgan fingerprint density at radius 3 is 1.94 bits per heavy atom. The van der Waals surface area contributed by atoms with Gasteiger partial charge in [-0.1, -0.05) is 91.0 Å². The van der Waals surface area contributed by atoms with Crippen molar-refractivity contribution in [3.05, 3.63) is 122 Å². The molecule has 3 nitrogen and oxygen atoms in total. The lowest BCUT2D eigenvalue weighted by atomic mass is 10.1. The van der Waals surface area contributed by atoms with Gasteiger partial charge in [-0.2, -0.15) is 0 Å². The zero-order valence-electron chi connectivity index (χ0n) is 18.3. The maximum absolute atomic E-state index is 6.02. The van der Waals surface area contributed by atoms with Crippen molar-refractivity contribution >= 4 is 32.8 Å². The standard InChI is InChI=1S/C31H20N2O/c1-3-9-21(10-4-1)27-19-24(20-28(32-27)22-11-5-2-6-12-22)33-29-14-8-7-13-25(29)26-16-15-23-17-18-34-31(23)30(26)33/h1-20H. The van der Waals surface area contributed by atoms with Gasteiger partial charge in [0.15, 0.2) is 5.58 Å². The summed E-state index contributed by atoms with van der Waals surface area (Å²) in [5.41, 5.74) is 8.23. The van der Waals surface area contributed by atoms with Gasteiger partial charge in [0, 0.05) is 27.3 Å². The molecule has 34 heavy (non-hydrogen) atoms. The predicted molar refractivity (Wildman–Crippen MR) is 139 cm³/mol. The Morgan fingerprint density at radius 2 is 1.24 bits per heavy atom. The van der Waals surface area contributed by atoms with Crippen molar-refractivity contribution in [1.29, 1.82) is 0 Å². The molecule has 0 aliphatic heterocycles. The molecule has 0 atom stereocenters. The Bertz CT molecular complexity index is 1740. The molecule has 4 aromatic carbocycles. The molecule has 0 aliphatic rings. The SMILES string of the molecule is c1ccc(-c2cc(-n3c4ccccc4c4ccc5ccoc5c43)cc(-c3ccccc3)n2)cc1. The van der Waals surface area contributed by atoms with E-state index in [1.807, 2.05) is 18.2 Å². The first-order valence-electron chi connectivity index (χ1n) is 11.4. The highest BCUT2D eigenvalue weighted by Crippen LogP contribution is 2.38. The van der Waals surface area contributed by atoms with E-state index in [2.05, 4.69) is 102 Å². The van der Waals surface area contributed by atoms with E-state index in [0.717, 1.165) is 50.2 Å². The van der Waals surface area contributed by atoms with E-state index in [0.29, 0.717) is 0 Å². The van der Waals surface area contributed by atoms with Gasteiger partial charge in [-0.15, -0.1) is 0 Å². The maximum Gasteiger partial charge on any atom is 0.158 e. The number of pyridine rings is 1. The monoisotopic (exact) mass is 436 g/mol. The minimum Gasteiger partial charge on any atom is -0.462 e. The summed E-state index contributed by atoms with van der Waals surface area (Å²) in [5, 5.41) is 3.48. The molecule has 0 radical (unpaired) electrons. The highest BCUT2D eigenvalue weighted by atomic mass is 16.3. The van der Waals surface area contributed by atoms with E-state index >= 15 is 0 Å². The third-order valence-electron chi connectivity index (χ3n) is 6.46. The van der Waals surface area contributed by atoms with E-state index < -0.39 is 0 Å². The van der Waals surface area contributed by atoms with Gasteiger partial charge in [0.1, 0.15) is 0 Å². The Balaban J connectivity index is 1.62. The van der Waals surface area contributed by atoms with Crippen LogP contribution in [-0.2, 0) is 0 Å². The molecule has 0 spiro atoms. The molecule has 0 saturated carbocycles. The van der Waals surface area contributed by atoms with E-state index in [1.165, 1.54) is 10.8 Å². The summed E-state index contributed by atoms with van der Waals surface area (Å²) >= 11 is 0. The predicted octanol–water partition coefficient (Wildman–Crippen LogP) is 8.26. The van der Waals surface area contributed by atoms with Crippen LogP contribution >= 0.6 is 0 Å². The van der Waals surface area contributed by atoms with Crippen molar-refractivity contribution in [1.82, 2.24) is 9.55 Å². The molecule has 0 N–H and O–H groups in total. The molecule has 3 aromatic heterocycles. The lowest BCUT2D eigenvalue weighted by Crippen LogP contribution is -1.98. The third kappa shape index (κ3) is 2.87. The van der Waals surface area contributed by atoms with Crippen molar-refractivity contribution in [3.63, 3.8) is 0 Å². The van der Waals surface area contributed by atoms with Crippen LogP contribution in [0.1, 0.15) is 0 Å². The van der Waals surface area contributed by atoms with Crippen LogP contribution in [0, 0.1) is 0 Å². The minimum absolute atomic E-state index is 0.896. The Morgan fingerprint density at radius 1 is 0.588 bits per heavy atom. The first-order valence-corrected chi connectivity index (χ1v) is 11.4. The normalized spacial score (nSPS) is 11.5. The molecule has 0 saturated heterocycles. The van der Waals surface area contributed by atoms with Crippen molar-refractivity contribution in [2.45, 2.75) is 0 Å². The second kappa shape index (κ2) is 7.46. The number of hydrogen-bond donors (Lipinski definition) is 0. The number of hydrogen-bond acceptors (Lipinski definition) is 2. The van der Waals surface area contributed by atoms with Crippen LogP contribution in [0.3, 0.4) is 0 Å². The van der Waals surface area contributed by atoms with Gasteiger partial charge in [0.2, 0.25) is 0 Å². The molecule has 0 aliphatic carbocycles. The quantitative estimate of drug-likeness (QED) is 0.279. The molecule has 7 rings (SSSR count). The molecule has 7 aromatic rings. The lowest BCUT2D eigenvalue weighted by molar-refractivity contribution is 0.618. The van der Waals surface area contributed by atoms with Crippen LogP contribution in [0.25, 0.3) is 61.0 Å². The molecule has 0 bridgehead atoms. The van der Waals surface area contributed by atoms with Gasteiger partial charge in [-0.3, -0.25) is 0 Å². The second-order valence-corrected chi connectivity index (χ2v) is 8.48. The number of aromatic nitrogens is 2. The van der Waals surface area contributed by atoms with Crippen LogP contribution in [0.2, 0.25) is 0 Å². The molecule has 0 unspecified atom stereocenters. The van der Waals surface area contributed by atoms with Crippen LogP contribution in [0.4, 0.5) is 0 Å². The number of para-hydroxylation sites is 1. The summed E-state index contributed by atoms with van der Waals surface area (Å²) in [6, 6.07) is 40.0. The molecular formula is C31H20N2O. The van der Waals surface area contributed by atoms with Gasteiger partial charge in [-0.05, 0) is 24.3 Å². The molecular weight excluding hydrogens is 416 g/mol. The molecule has 3 heterocycles. The van der Waals surface area contributed by atoms with E-state index in [-0.39, 0.29) is 0 Å². The van der Waals surface area contributed by atoms with Crippen molar-refractivity contribution in [2.75, 3.05) is 0 Å². The number of benzene rings is 4. The molecule has 160 valence electrons. The summed E-state index contributed by atoms with van der Waals surface area (Å²) in [5.74, 6) is 0. The average Bonchev–Trinajstić information content (AvgIpc) is 3.52. The zero-order valence-corrected chi connectivity index (χ0v) is 18.3. The van der Waals surface area contributed by atoms with Gasteiger partial charge in [0.05, 0.1) is 34.4 Å². The van der Waals surface area contributed by atoms with Crippen LogP contribution in [0.5, 0.6) is 0 Å². The fourth-order valence-corrected chi connectivity index (χ4v) is 4.90. The van der Waals surface area contributed by atoms with Crippen molar-refractivity contribution < 1.29 is 4.42 Å². The fourth-order valence-electron chi connectivity index (χ4n) is 4.90. The smallest absolute Gasteiger partial charge is 0.158 e. The van der Waals surface area contributed by atoms with Gasteiger partial charge in [-0.25, -0.2) is 4.98 Å². The summed E-state index contributed by atoms with van der Waals surface area (Å²) in [6.45, 7) is 0. The van der Waals surface area contributed by atoms with E-state index in [1.54, 1.807) is 6.26 Å². The fraction of sp³-hybridized carbons (Fsp3) is 0. The van der Waals surface area contributed by atoms with Crippen LogP contribution in [-0.4, -0.2) is 9.55 Å². The second-order valence-electron chi connectivity index (χ2n) is 8.48. The van der Waals surface area contributed by atoms with Gasteiger partial charge in [0.25, 0.3) is 0 Å². The van der Waals surface area contributed by atoms with Gasteiger partial charge < -0.3 is 8.98 Å². The van der Waals surface area contributed by atoms with Crippen LogP contribution < -0.4 is 0 Å². The Kier molecular flexibility index (Phi) is 4.15. The van der Waals surface area contributed by atoms with E-state index in [9.17, 15) is 0 Å². The lowest BCUT2D eigenvalue weighted by Gasteiger charge is -2.13. The highest BCUT2D eigenvalue weighted by molar-refractivity contribution is 6.17. The number of furan rings is 1. The highest BCUT2D eigenvalue weighted by Gasteiger charge is 2.18. The zero-order chi connectivity index (χ0) is 22.5. The molecule has 0 amide bonds. The first kappa shape index (κ1) is 18.9. The summed E-state index contributed by atoms with van der Waals surface area (Å²) in [6.07, 6.45) is 1.77.